The fraction of sp³-hybridized carbons (Fsp3) is 0.391. The van der Waals surface area contributed by atoms with E-state index in [-0.39, 0.29) is 11.9 Å². The highest BCUT2D eigenvalue weighted by Crippen LogP contribution is 2.28. The number of rotatable bonds is 8. The van der Waals surface area contributed by atoms with E-state index in [9.17, 15) is 4.79 Å². The fourth-order valence-electron chi connectivity index (χ4n) is 3.72. The average molecular weight is 398 g/mol. The van der Waals surface area contributed by atoms with Crippen molar-refractivity contribution in [3.8, 4) is 0 Å². The van der Waals surface area contributed by atoms with Crippen molar-refractivity contribution >= 4 is 28.5 Å². The van der Waals surface area contributed by atoms with Gasteiger partial charge in [0.1, 0.15) is 11.9 Å². The molecule has 0 aliphatic rings. The maximum atomic E-state index is 13.3. The standard InChI is InChI=1S/C23H28ClN3O/c1-4-10-21(23(28)26(3)15-5-2)27-20-14-9-8-13-19(20)25-22(27)16-17-11-6-7-12-18(17)24/h6-9,11-14,21H,4-5,10,15-16H2,1-3H3/t21-/m0/s1. The minimum absolute atomic E-state index is 0.146. The van der Waals surface area contributed by atoms with Crippen LogP contribution in [-0.2, 0) is 11.2 Å². The Morgan fingerprint density at radius 2 is 1.82 bits per heavy atom. The molecular formula is C23H28ClN3O. The van der Waals surface area contributed by atoms with Gasteiger partial charge in [-0.1, -0.05) is 62.2 Å². The van der Waals surface area contributed by atoms with Crippen molar-refractivity contribution < 1.29 is 4.79 Å². The number of halogens is 1. The molecule has 0 N–H and O–H groups in total. The van der Waals surface area contributed by atoms with Crippen LogP contribution < -0.4 is 0 Å². The van der Waals surface area contributed by atoms with Gasteiger partial charge in [0.2, 0.25) is 5.91 Å². The molecule has 2 aromatic carbocycles. The summed E-state index contributed by atoms with van der Waals surface area (Å²) in [5, 5.41) is 0.725. The zero-order valence-corrected chi connectivity index (χ0v) is 17.6. The molecule has 0 saturated carbocycles. The molecule has 0 saturated heterocycles. The number of carbonyl (C=O) groups excluding carboxylic acids is 1. The normalized spacial score (nSPS) is 12.3. The first-order valence-corrected chi connectivity index (χ1v) is 10.4. The third-order valence-corrected chi connectivity index (χ3v) is 5.44. The van der Waals surface area contributed by atoms with Crippen LogP contribution in [0.3, 0.4) is 0 Å². The Morgan fingerprint density at radius 3 is 2.54 bits per heavy atom. The zero-order chi connectivity index (χ0) is 20.1. The molecule has 0 aliphatic heterocycles. The van der Waals surface area contributed by atoms with E-state index in [1.807, 2.05) is 60.5 Å². The second kappa shape index (κ2) is 9.24. The number of likely N-dealkylation sites (N-methyl/N-ethyl adjacent to an activating group) is 1. The molecule has 3 aromatic rings. The molecule has 148 valence electrons. The Labute approximate surface area is 172 Å². The smallest absolute Gasteiger partial charge is 0.245 e. The van der Waals surface area contributed by atoms with Gasteiger partial charge in [-0.25, -0.2) is 4.98 Å². The van der Waals surface area contributed by atoms with Crippen LogP contribution in [0.2, 0.25) is 5.02 Å². The van der Waals surface area contributed by atoms with Gasteiger partial charge in [-0.2, -0.15) is 0 Å². The van der Waals surface area contributed by atoms with E-state index in [1.165, 1.54) is 0 Å². The molecule has 0 aliphatic carbocycles. The third-order valence-electron chi connectivity index (χ3n) is 5.07. The first-order chi connectivity index (χ1) is 13.6. The quantitative estimate of drug-likeness (QED) is 0.504. The molecule has 5 heteroatoms. The van der Waals surface area contributed by atoms with E-state index in [4.69, 9.17) is 16.6 Å². The molecule has 0 bridgehead atoms. The Hall–Kier alpha value is -2.33. The number of hydrogen-bond donors (Lipinski definition) is 0. The lowest BCUT2D eigenvalue weighted by atomic mass is 10.1. The predicted molar refractivity (Wildman–Crippen MR) is 116 cm³/mol. The highest BCUT2D eigenvalue weighted by Gasteiger charge is 2.27. The lowest BCUT2D eigenvalue weighted by Crippen LogP contribution is -2.35. The van der Waals surface area contributed by atoms with Gasteiger partial charge in [-0.3, -0.25) is 4.79 Å². The van der Waals surface area contributed by atoms with Crippen LogP contribution in [0.4, 0.5) is 0 Å². The molecule has 1 atom stereocenters. The van der Waals surface area contributed by atoms with Crippen molar-refractivity contribution in [1.29, 1.82) is 0 Å². The van der Waals surface area contributed by atoms with Gasteiger partial charge in [-0.15, -0.1) is 0 Å². The average Bonchev–Trinajstić information content (AvgIpc) is 3.05. The predicted octanol–water partition coefficient (Wildman–Crippen LogP) is 5.49. The minimum atomic E-state index is -0.258. The molecule has 1 amide bonds. The minimum Gasteiger partial charge on any atom is -0.344 e. The molecular weight excluding hydrogens is 370 g/mol. The van der Waals surface area contributed by atoms with E-state index < -0.39 is 0 Å². The van der Waals surface area contributed by atoms with Crippen molar-refractivity contribution in [2.75, 3.05) is 13.6 Å². The molecule has 4 nitrogen and oxygen atoms in total. The second-order valence-corrected chi connectivity index (χ2v) is 7.63. The van der Waals surface area contributed by atoms with Crippen molar-refractivity contribution in [3.05, 3.63) is 64.9 Å². The maximum Gasteiger partial charge on any atom is 0.245 e. The Kier molecular flexibility index (Phi) is 6.74. The Balaban J connectivity index is 2.10. The highest BCUT2D eigenvalue weighted by atomic mass is 35.5. The van der Waals surface area contributed by atoms with Gasteiger partial charge in [0.25, 0.3) is 0 Å². The lowest BCUT2D eigenvalue weighted by molar-refractivity contribution is -0.133. The van der Waals surface area contributed by atoms with Crippen molar-refractivity contribution in [1.82, 2.24) is 14.5 Å². The largest absolute Gasteiger partial charge is 0.344 e. The molecule has 1 heterocycles. The first kappa shape index (κ1) is 20.4. The van der Waals surface area contributed by atoms with Gasteiger partial charge >= 0.3 is 0 Å². The van der Waals surface area contributed by atoms with Gasteiger partial charge < -0.3 is 9.47 Å². The van der Waals surface area contributed by atoms with E-state index in [0.29, 0.717) is 6.42 Å². The van der Waals surface area contributed by atoms with E-state index >= 15 is 0 Å². The van der Waals surface area contributed by atoms with Crippen molar-refractivity contribution in [3.63, 3.8) is 0 Å². The molecule has 3 rings (SSSR count). The SMILES string of the molecule is CCC[C@@H](C(=O)N(C)CCC)n1c(Cc2ccccc2Cl)nc2ccccc21. The summed E-state index contributed by atoms with van der Waals surface area (Å²) in [6.07, 6.45) is 3.24. The van der Waals surface area contributed by atoms with Crippen LogP contribution in [-0.4, -0.2) is 34.0 Å². The summed E-state index contributed by atoms with van der Waals surface area (Å²) in [5.41, 5.74) is 2.93. The summed E-state index contributed by atoms with van der Waals surface area (Å²) in [6.45, 7) is 4.96. The van der Waals surface area contributed by atoms with Crippen LogP contribution in [0.15, 0.2) is 48.5 Å². The summed E-state index contributed by atoms with van der Waals surface area (Å²) in [6, 6.07) is 15.6. The topological polar surface area (TPSA) is 38.1 Å². The van der Waals surface area contributed by atoms with E-state index in [0.717, 1.165) is 53.3 Å². The molecule has 0 spiro atoms. The number of carbonyl (C=O) groups is 1. The number of aromatic nitrogens is 2. The van der Waals surface area contributed by atoms with Gasteiger partial charge in [-0.05, 0) is 36.6 Å². The van der Waals surface area contributed by atoms with Gasteiger partial charge in [0, 0.05) is 25.0 Å². The maximum absolute atomic E-state index is 13.3. The monoisotopic (exact) mass is 397 g/mol. The number of amides is 1. The molecule has 0 radical (unpaired) electrons. The first-order valence-electron chi connectivity index (χ1n) is 10.0. The second-order valence-electron chi connectivity index (χ2n) is 7.22. The molecule has 1 aromatic heterocycles. The summed E-state index contributed by atoms with van der Waals surface area (Å²) in [5.74, 6) is 1.03. The number of imidazole rings is 1. The third kappa shape index (κ3) is 4.22. The lowest BCUT2D eigenvalue weighted by Gasteiger charge is -2.26. The Morgan fingerprint density at radius 1 is 1.11 bits per heavy atom. The molecule has 28 heavy (non-hydrogen) atoms. The number of benzene rings is 2. The number of fused-ring (bicyclic) bond motifs is 1. The number of nitrogens with zero attached hydrogens (tertiary/aromatic N) is 3. The van der Waals surface area contributed by atoms with Gasteiger partial charge in [0.15, 0.2) is 0 Å². The van der Waals surface area contributed by atoms with E-state index in [2.05, 4.69) is 18.4 Å². The van der Waals surface area contributed by atoms with E-state index in [1.54, 1.807) is 0 Å². The summed E-state index contributed by atoms with van der Waals surface area (Å²) in [7, 11) is 1.89. The van der Waals surface area contributed by atoms with Crippen LogP contribution >= 0.6 is 11.6 Å². The van der Waals surface area contributed by atoms with Crippen LogP contribution in [0.1, 0.15) is 50.5 Å². The zero-order valence-electron chi connectivity index (χ0n) is 16.9. The van der Waals surface area contributed by atoms with Crippen molar-refractivity contribution in [2.45, 2.75) is 45.6 Å². The summed E-state index contributed by atoms with van der Waals surface area (Å²) in [4.78, 5) is 20.0. The van der Waals surface area contributed by atoms with Crippen LogP contribution in [0.25, 0.3) is 11.0 Å². The highest BCUT2D eigenvalue weighted by molar-refractivity contribution is 6.31. The van der Waals surface area contributed by atoms with Crippen molar-refractivity contribution in [2.24, 2.45) is 0 Å². The van der Waals surface area contributed by atoms with Crippen LogP contribution in [0.5, 0.6) is 0 Å². The number of hydrogen-bond acceptors (Lipinski definition) is 2. The van der Waals surface area contributed by atoms with Crippen LogP contribution in [0, 0.1) is 0 Å². The summed E-state index contributed by atoms with van der Waals surface area (Å²) >= 11 is 6.41. The Bertz CT molecular complexity index is 950. The summed E-state index contributed by atoms with van der Waals surface area (Å²) < 4.78 is 2.14. The molecule has 0 unspecified atom stereocenters. The van der Waals surface area contributed by atoms with Gasteiger partial charge in [0.05, 0.1) is 11.0 Å². The number of para-hydroxylation sites is 2. The fourth-order valence-corrected chi connectivity index (χ4v) is 3.92. The molecule has 0 fully saturated rings.